The summed E-state index contributed by atoms with van der Waals surface area (Å²) in [7, 11) is 0. The van der Waals surface area contributed by atoms with Crippen LogP contribution in [0.15, 0.2) is 18.2 Å². The maximum Gasteiger partial charge on any atom is 0.254 e. The van der Waals surface area contributed by atoms with Gasteiger partial charge in [-0.1, -0.05) is 0 Å². The minimum Gasteiger partial charge on any atom is -0.344 e. The van der Waals surface area contributed by atoms with Gasteiger partial charge in [0.25, 0.3) is 5.91 Å². The number of nitrogens with zero attached hydrogens (tertiary/aromatic N) is 2. The quantitative estimate of drug-likeness (QED) is 0.856. The number of benzene rings is 1. The van der Waals surface area contributed by atoms with E-state index in [0.717, 1.165) is 12.1 Å². The predicted octanol–water partition coefficient (Wildman–Crippen LogP) is 0.528. The Hall–Kier alpha value is -2.51. The molecule has 0 radical (unpaired) electrons. The van der Waals surface area contributed by atoms with Crippen molar-refractivity contribution in [3.8, 4) is 0 Å². The molecule has 1 aromatic rings. The average Bonchev–Trinajstić information content (AvgIpc) is 3.02. The third-order valence-corrected chi connectivity index (χ3v) is 4.34. The summed E-state index contributed by atoms with van der Waals surface area (Å²) >= 11 is 0. The van der Waals surface area contributed by atoms with E-state index in [-0.39, 0.29) is 17.4 Å². The molecule has 2 saturated heterocycles. The van der Waals surface area contributed by atoms with Crippen molar-refractivity contribution in [1.29, 1.82) is 0 Å². The summed E-state index contributed by atoms with van der Waals surface area (Å²) < 4.78 is 26.2. The zero-order valence-corrected chi connectivity index (χ0v) is 12.9. The standard InChI is InChI=1S/C16H17F2N3O3/c17-11-2-1-10(9-12(11)18)15(23)20-5-7-21(8-6-20)16(24)13-3-4-14(22)19-13/h1-2,9,13H,3-8H2,(H,19,22). The average molecular weight is 337 g/mol. The van der Waals surface area contributed by atoms with E-state index in [2.05, 4.69) is 5.32 Å². The minimum atomic E-state index is -1.06. The monoisotopic (exact) mass is 337 g/mol. The molecule has 0 aromatic heterocycles. The van der Waals surface area contributed by atoms with Crippen molar-refractivity contribution < 1.29 is 23.2 Å². The van der Waals surface area contributed by atoms with Gasteiger partial charge in [-0.3, -0.25) is 14.4 Å². The third-order valence-electron chi connectivity index (χ3n) is 4.34. The molecule has 2 heterocycles. The molecule has 1 aromatic carbocycles. The Labute approximate surface area is 137 Å². The van der Waals surface area contributed by atoms with Crippen molar-refractivity contribution in [1.82, 2.24) is 15.1 Å². The number of amides is 3. The van der Waals surface area contributed by atoms with Crippen molar-refractivity contribution in [2.75, 3.05) is 26.2 Å². The van der Waals surface area contributed by atoms with Crippen LogP contribution < -0.4 is 5.32 Å². The zero-order chi connectivity index (χ0) is 17.3. The maximum atomic E-state index is 13.2. The smallest absolute Gasteiger partial charge is 0.254 e. The highest BCUT2D eigenvalue weighted by Gasteiger charge is 2.33. The van der Waals surface area contributed by atoms with E-state index >= 15 is 0 Å². The van der Waals surface area contributed by atoms with E-state index in [1.54, 1.807) is 4.90 Å². The van der Waals surface area contributed by atoms with Crippen LogP contribution in [0.1, 0.15) is 23.2 Å². The SMILES string of the molecule is O=C1CCC(C(=O)N2CCN(C(=O)c3ccc(F)c(F)c3)CC2)N1. The van der Waals surface area contributed by atoms with E-state index in [1.807, 2.05) is 0 Å². The number of carbonyl (C=O) groups excluding carboxylic acids is 3. The predicted molar refractivity (Wildman–Crippen MR) is 80.0 cm³/mol. The van der Waals surface area contributed by atoms with Gasteiger partial charge in [0, 0.05) is 38.2 Å². The lowest BCUT2D eigenvalue weighted by Gasteiger charge is -2.36. The van der Waals surface area contributed by atoms with Crippen LogP contribution in [0.3, 0.4) is 0 Å². The number of carbonyl (C=O) groups is 3. The lowest BCUT2D eigenvalue weighted by Crippen LogP contribution is -2.54. The van der Waals surface area contributed by atoms with Crippen molar-refractivity contribution in [2.45, 2.75) is 18.9 Å². The van der Waals surface area contributed by atoms with Gasteiger partial charge in [-0.25, -0.2) is 8.78 Å². The lowest BCUT2D eigenvalue weighted by atomic mass is 10.1. The molecule has 0 saturated carbocycles. The molecule has 0 spiro atoms. The van der Waals surface area contributed by atoms with E-state index in [1.165, 1.54) is 11.0 Å². The first-order chi connectivity index (χ1) is 11.5. The van der Waals surface area contributed by atoms with E-state index in [4.69, 9.17) is 0 Å². The number of halogens is 2. The molecule has 0 bridgehead atoms. The van der Waals surface area contributed by atoms with Crippen LogP contribution in [0.2, 0.25) is 0 Å². The Bertz CT molecular complexity index is 687. The first-order valence-corrected chi connectivity index (χ1v) is 7.78. The van der Waals surface area contributed by atoms with Crippen LogP contribution in [-0.2, 0) is 9.59 Å². The summed E-state index contributed by atoms with van der Waals surface area (Å²) in [4.78, 5) is 38.9. The molecule has 6 nitrogen and oxygen atoms in total. The first-order valence-electron chi connectivity index (χ1n) is 7.78. The Morgan fingerprint density at radius 3 is 2.29 bits per heavy atom. The second-order valence-electron chi connectivity index (χ2n) is 5.91. The Kier molecular flexibility index (Phi) is 4.46. The fraction of sp³-hybridized carbons (Fsp3) is 0.438. The van der Waals surface area contributed by atoms with Crippen LogP contribution in [0.4, 0.5) is 8.78 Å². The Balaban J connectivity index is 1.58. The third kappa shape index (κ3) is 3.22. The molecule has 1 unspecified atom stereocenters. The summed E-state index contributed by atoms with van der Waals surface area (Å²) in [6.07, 6.45) is 0.844. The lowest BCUT2D eigenvalue weighted by molar-refractivity contribution is -0.135. The van der Waals surface area contributed by atoms with Crippen molar-refractivity contribution in [2.24, 2.45) is 0 Å². The summed E-state index contributed by atoms with van der Waals surface area (Å²) in [5, 5.41) is 2.63. The van der Waals surface area contributed by atoms with Crippen LogP contribution in [0.25, 0.3) is 0 Å². The molecule has 8 heteroatoms. The second-order valence-corrected chi connectivity index (χ2v) is 5.91. The minimum absolute atomic E-state index is 0.0803. The van der Waals surface area contributed by atoms with Crippen LogP contribution in [0, 0.1) is 11.6 Å². The van der Waals surface area contributed by atoms with Gasteiger partial charge in [0.15, 0.2) is 11.6 Å². The van der Waals surface area contributed by atoms with Crippen molar-refractivity contribution >= 4 is 17.7 Å². The number of nitrogens with one attached hydrogen (secondary N) is 1. The molecule has 128 valence electrons. The van der Waals surface area contributed by atoms with Gasteiger partial charge in [0.1, 0.15) is 6.04 Å². The van der Waals surface area contributed by atoms with E-state index in [9.17, 15) is 23.2 Å². The molecular weight excluding hydrogens is 320 g/mol. The number of piperazine rings is 1. The summed E-state index contributed by atoms with van der Waals surface area (Å²) in [6, 6.07) is 2.56. The highest BCUT2D eigenvalue weighted by atomic mass is 19.2. The van der Waals surface area contributed by atoms with Gasteiger partial charge < -0.3 is 15.1 Å². The first kappa shape index (κ1) is 16.4. The molecule has 3 rings (SSSR count). The highest BCUT2D eigenvalue weighted by Crippen LogP contribution is 2.15. The molecule has 1 atom stereocenters. The molecule has 2 aliphatic rings. The molecule has 2 aliphatic heterocycles. The van der Waals surface area contributed by atoms with Gasteiger partial charge in [-0.2, -0.15) is 0 Å². The fourth-order valence-corrected chi connectivity index (χ4v) is 2.96. The normalized spacial score (nSPS) is 20.9. The van der Waals surface area contributed by atoms with E-state index < -0.39 is 23.6 Å². The fourth-order valence-electron chi connectivity index (χ4n) is 2.96. The number of hydrogen-bond donors (Lipinski definition) is 1. The summed E-state index contributed by atoms with van der Waals surface area (Å²) in [5.74, 6) is -2.72. The van der Waals surface area contributed by atoms with Crippen LogP contribution >= 0.6 is 0 Å². The molecule has 0 aliphatic carbocycles. The van der Waals surface area contributed by atoms with Crippen LogP contribution in [0.5, 0.6) is 0 Å². The summed E-state index contributed by atoms with van der Waals surface area (Å²) in [6.45, 7) is 1.32. The van der Waals surface area contributed by atoms with Crippen LogP contribution in [-0.4, -0.2) is 59.7 Å². The molecule has 1 N–H and O–H groups in total. The molecule has 24 heavy (non-hydrogen) atoms. The molecule has 3 amide bonds. The highest BCUT2D eigenvalue weighted by molar-refractivity contribution is 5.94. The van der Waals surface area contributed by atoms with E-state index in [0.29, 0.717) is 39.0 Å². The van der Waals surface area contributed by atoms with Gasteiger partial charge in [-0.15, -0.1) is 0 Å². The van der Waals surface area contributed by atoms with Gasteiger partial charge in [0.2, 0.25) is 11.8 Å². The molecular formula is C16H17F2N3O3. The Morgan fingerprint density at radius 2 is 1.71 bits per heavy atom. The van der Waals surface area contributed by atoms with Gasteiger partial charge in [-0.05, 0) is 24.6 Å². The number of hydrogen-bond acceptors (Lipinski definition) is 3. The van der Waals surface area contributed by atoms with Crippen molar-refractivity contribution in [3.05, 3.63) is 35.4 Å². The van der Waals surface area contributed by atoms with Gasteiger partial charge >= 0.3 is 0 Å². The summed E-state index contributed by atoms with van der Waals surface area (Å²) in [5.41, 5.74) is 0.0803. The number of rotatable bonds is 2. The largest absolute Gasteiger partial charge is 0.344 e. The second kappa shape index (κ2) is 6.54. The molecule has 2 fully saturated rings. The Morgan fingerprint density at radius 1 is 1.04 bits per heavy atom. The maximum absolute atomic E-state index is 13.2. The van der Waals surface area contributed by atoms with Gasteiger partial charge in [0.05, 0.1) is 0 Å². The zero-order valence-electron chi connectivity index (χ0n) is 12.9. The van der Waals surface area contributed by atoms with Crippen molar-refractivity contribution in [3.63, 3.8) is 0 Å². The topological polar surface area (TPSA) is 69.7 Å².